The fourth-order valence-corrected chi connectivity index (χ4v) is 0.895. The normalized spacial score (nSPS) is 11.2. The first-order valence-corrected chi connectivity index (χ1v) is 4.68. The van der Waals surface area contributed by atoms with Gasteiger partial charge in [0, 0.05) is 5.56 Å². The molecule has 0 saturated carbocycles. The van der Waals surface area contributed by atoms with Crippen molar-refractivity contribution in [3.8, 4) is 11.6 Å². The lowest BCUT2D eigenvalue weighted by Gasteiger charge is -2.16. The lowest BCUT2D eigenvalue weighted by atomic mass is 9.97. The SMILES string of the molecule is Cc1cc(O)cnc1OC(=O)C(C)(C)C. The number of aryl methyl sites for hydroxylation is 1. The highest BCUT2D eigenvalue weighted by atomic mass is 16.5. The van der Waals surface area contributed by atoms with Gasteiger partial charge in [-0.15, -0.1) is 0 Å². The monoisotopic (exact) mass is 209 g/mol. The van der Waals surface area contributed by atoms with Crippen LogP contribution in [-0.4, -0.2) is 16.1 Å². The van der Waals surface area contributed by atoms with Crippen molar-refractivity contribution in [3.63, 3.8) is 0 Å². The van der Waals surface area contributed by atoms with Gasteiger partial charge in [-0.05, 0) is 33.8 Å². The minimum atomic E-state index is -0.563. The summed E-state index contributed by atoms with van der Waals surface area (Å²) in [5.41, 5.74) is 0.0686. The van der Waals surface area contributed by atoms with Crippen molar-refractivity contribution in [2.24, 2.45) is 5.41 Å². The summed E-state index contributed by atoms with van der Waals surface area (Å²) in [7, 11) is 0. The van der Waals surface area contributed by atoms with Crippen LogP contribution in [-0.2, 0) is 4.79 Å². The second-order valence-electron chi connectivity index (χ2n) is 4.46. The van der Waals surface area contributed by atoms with Gasteiger partial charge in [0.1, 0.15) is 5.75 Å². The highest BCUT2D eigenvalue weighted by Crippen LogP contribution is 2.22. The highest BCUT2D eigenvalue weighted by Gasteiger charge is 2.24. The third-order valence-corrected chi connectivity index (χ3v) is 1.82. The molecule has 1 rings (SSSR count). The topological polar surface area (TPSA) is 59.4 Å². The van der Waals surface area contributed by atoms with Crippen LogP contribution in [0.25, 0.3) is 0 Å². The van der Waals surface area contributed by atoms with Crippen LogP contribution >= 0.6 is 0 Å². The van der Waals surface area contributed by atoms with Crippen molar-refractivity contribution >= 4 is 5.97 Å². The lowest BCUT2D eigenvalue weighted by molar-refractivity contribution is -0.143. The average molecular weight is 209 g/mol. The van der Waals surface area contributed by atoms with Crippen molar-refractivity contribution in [1.29, 1.82) is 0 Å². The fourth-order valence-electron chi connectivity index (χ4n) is 0.895. The molecule has 0 unspecified atom stereocenters. The van der Waals surface area contributed by atoms with Gasteiger partial charge in [-0.2, -0.15) is 0 Å². The van der Waals surface area contributed by atoms with Gasteiger partial charge in [0.05, 0.1) is 11.6 Å². The molecule has 0 spiro atoms. The molecular weight excluding hydrogens is 194 g/mol. The molecule has 0 bridgehead atoms. The Kier molecular flexibility index (Phi) is 2.98. The van der Waals surface area contributed by atoms with E-state index >= 15 is 0 Å². The molecule has 1 aromatic heterocycles. The molecule has 0 aliphatic rings. The van der Waals surface area contributed by atoms with Crippen molar-refractivity contribution in [3.05, 3.63) is 17.8 Å². The first kappa shape index (κ1) is 11.5. The standard InChI is InChI=1S/C11H15NO3/c1-7-5-8(13)6-12-9(7)15-10(14)11(2,3)4/h5-6,13H,1-4H3. The number of hydrogen-bond donors (Lipinski definition) is 1. The number of carbonyl (C=O) groups is 1. The molecule has 0 atom stereocenters. The van der Waals surface area contributed by atoms with Crippen molar-refractivity contribution in [2.45, 2.75) is 27.7 Å². The van der Waals surface area contributed by atoms with Crippen molar-refractivity contribution in [2.75, 3.05) is 0 Å². The summed E-state index contributed by atoms with van der Waals surface area (Å²) in [6.07, 6.45) is 1.25. The number of nitrogens with zero attached hydrogens (tertiary/aromatic N) is 1. The summed E-state index contributed by atoms with van der Waals surface area (Å²) in [5, 5.41) is 9.13. The lowest BCUT2D eigenvalue weighted by Crippen LogP contribution is -2.26. The molecule has 0 aliphatic heterocycles. The molecule has 0 saturated heterocycles. The third kappa shape index (κ3) is 2.94. The van der Waals surface area contributed by atoms with E-state index < -0.39 is 5.41 Å². The molecule has 15 heavy (non-hydrogen) atoms. The van der Waals surface area contributed by atoms with E-state index in [1.54, 1.807) is 27.7 Å². The maximum absolute atomic E-state index is 11.5. The Bertz CT molecular complexity index is 380. The number of esters is 1. The van der Waals surface area contributed by atoms with Gasteiger partial charge in [0.2, 0.25) is 5.88 Å². The van der Waals surface area contributed by atoms with E-state index in [0.29, 0.717) is 5.56 Å². The second kappa shape index (κ2) is 3.88. The van der Waals surface area contributed by atoms with Crippen LogP contribution in [0.15, 0.2) is 12.3 Å². The number of aromatic nitrogens is 1. The van der Waals surface area contributed by atoms with Crippen LogP contribution in [0, 0.1) is 12.3 Å². The summed E-state index contributed by atoms with van der Waals surface area (Å²) in [4.78, 5) is 15.4. The molecule has 0 aliphatic carbocycles. The summed E-state index contributed by atoms with van der Waals surface area (Å²) >= 11 is 0. The Morgan fingerprint density at radius 1 is 1.47 bits per heavy atom. The van der Waals surface area contributed by atoms with E-state index in [1.807, 2.05) is 0 Å². The van der Waals surface area contributed by atoms with Gasteiger partial charge in [0.15, 0.2) is 0 Å². The second-order valence-corrected chi connectivity index (χ2v) is 4.46. The molecule has 1 N–H and O–H groups in total. The van der Waals surface area contributed by atoms with Crippen molar-refractivity contribution in [1.82, 2.24) is 4.98 Å². The number of aromatic hydroxyl groups is 1. The largest absolute Gasteiger partial charge is 0.506 e. The van der Waals surface area contributed by atoms with E-state index in [-0.39, 0.29) is 17.6 Å². The number of carbonyl (C=O) groups excluding carboxylic acids is 1. The first-order chi connectivity index (χ1) is 6.80. The van der Waals surface area contributed by atoms with Gasteiger partial charge in [-0.3, -0.25) is 4.79 Å². The van der Waals surface area contributed by atoms with Gasteiger partial charge < -0.3 is 9.84 Å². The number of pyridine rings is 1. The smallest absolute Gasteiger partial charge is 0.317 e. The maximum atomic E-state index is 11.5. The summed E-state index contributed by atoms with van der Waals surface area (Å²) in [6.45, 7) is 7.03. The molecule has 82 valence electrons. The van der Waals surface area contributed by atoms with E-state index in [9.17, 15) is 4.79 Å². The van der Waals surface area contributed by atoms with Gasteiger partial charge in [0.25, 0.3) is 0 Å². The Morgan fingerprint density at radius 3 is 2.53 bits per heavy atom. The molecule has 0 fully saturated rings. The number of ether oxygens (including phenoxy) is 1. The van der Waals surface area contributed by atoms with Gasteiger partial charge >= 0.3 is 5.97 Å². The molecular formula is C11H15NO3. The Balaban J connectivity index is 2.87. The summed E-state index contributed by atoms with van der Waals surface area (Å²) < 4.78 is 5.10. The van der Waals surface area contributed by atoms with Gasteiger partial charge in [-0.1, -0.05) is 0 Å². The molecule has 1 aromatic rings. The fraction of sp³-hybridized carbons (Fsp3) is 0.455. The maximum Gasteiger partial charge on any atom is 0.317 e. The van der Waals surface area contributed by atoms with Crippen LogP contribution in [0.3, 0.4) is 0 Å². The third-order valence-electron chi connectivity index (χ3n) is 1.82. The quantitative estimate of drug-likeness (QED) is 0.719. The molecule has 0 amide bonds. The zero-order valence-corrected chi connectivity index (χ0v) is 9.37. The predicted octanol–water partition coefficient (Wildman–Crippen LogP) is 2.05. The minimum Gasteiger partial charge on any atom is -0.506 e. The predicted molar refractivity (Wildman–Crippen MR) is 55.7 cm³/mol. The van der Waals surface area contributed by atoms with E-state index in [4.69, 9.17) is 9.84 Å². The zero-order valence-electron chi connectivity index (χ0n) is 9.37. The van der Waals surface area contributed by atoms with Crippen LogP contribution in [0.5, 0.6) is 11.6 Å². The van der Waals surface area contributed by atoms with Crippen LogP contribution in [0.1, 0.15) is 26.3 Å². The molecule has 0 radical (unpaired) electrons. The number of rotatable bonds is 1. The molecule has 4 nitrogen and oxygen atoms in total. The molecule has 1 heterocycles. The average Bonchev–Trinajstić information content (AvgIpc) is 2.08. The minimum absolute atomic E-state index is 0.0584. The van der Waals surface area contributed by atoms with Crippen molar-refractivity contribution < 1.29 is 14.6 Å². The first-order valence-electron chi connectivity index (χ1n) is 4.68. The Labute approximate surface area is 88.9 Å². The van der Waals surface area contributed by atoms with Crippen LogP contribution in [0.2, 0.25) is 0 Å². The Hall–Kier alpha value is -1.58. The van der Waals surface area contributed by atoms with E-state index in [2.05, 4.69) is 4.98 Å². The molecule has 4 heteroatoms. The van der Waals surface area contributed by atoms with E-state index in [0.717, 1.165) is 0 Å². The van der Waals surface area contributed by atoms with E-state index in [1.165, 1.54) is 12.3 Å². The van der Waals surface area contributed by atoms with Crippen LogP contribution in [0.4, 0.5) is 0 Å². The zero-order chi connectivity index (χ0) is 11.6. The summed E-state index contributed by atoms with van der Waals surface area (Å²) in [6, 6.07) is 1.50. The van der Waals surface area contributed by atoms with Crippen LogP contribution < -0.4 is 4.74 Å². The molecule has 0 aromatic carbocycles. The van der Waals surface area contributed by atoms with Gasteiger partial charge in [-0.25, -0.2) is 4.98 Å². The highest BCUT2D eigenvalue weighted by molar-refractivity contribution is 5.77. The summed E-state index contributed by atoms with van der Waals surface area (Å²) in [5.74, 6) is -0.0421. The number of hydrogen-bond acceptors (Lipinski definition) is 4. The Morgan fingerprint density at radius 2 is 2.07 bits per heavy atom.